The first kappa shape index (κ1) is 26.7. The minimum absolute atomic E-state index is 0.0505. The minimum Gasteiger partial charge on any atom is -0.464 e. The molecule has 0 atom stereocenters. The van der Waals surface area contributed by atoms with E-state index >= 15 is 0 Å². The number of benzene rings is 2. The predicted molar refractivity (Wildman–Crippen MR) is 149 cm³/mol. The highest BCUT2D eigenvalue weighted by molar-refractivity contribution is 7.89. The van der Waals surface area contributed by atoms with E-state index in [4.69, 9.17) is 4.42 Å². The molecule has 0 radical (unpaired) electrons. The van der Waals surface area contributed by atoms with Gasteiger partial charge < -0.3 is 19.1 Å². The standard InChI is InChI=1S/C29H38N4O4S/c1-30(2)29(34)33-18-14-26-23(20-33)7-6-10-28(26)38(35,36)31(3)19-22-11-15-32(16-12-22)17-13-24-21-37-27-9-5-4-8-25(24)27/h4-10,21-22H,11-20H2,1-3H3. The van der Waals surface area contributed by atoms with Gasteiger partial charge in [0.25, 0.3) is 0 Å². The van der Waals surface area contributed by atoms with E-state index in [0.717, 1.165) is 55.6 Å². The van der Waals surface area contributed by atoms with Crippen LogP contribution in [0.1, 0.15) is 29.5 Å². The Kier molecular flexibility index (Phi) is 7.79. The number of nitrogens with zero attached hydrogens (tertiary/aromatic N) is 4. The number of furan rings is 1. The van der Waals surface area contributed by atoms with E-state index in [0.29, 0.717) is 36.9 Å². The van der Waals surface area contributed by atoms with Crippen LogP contribution in [0.3, 0.4) is 0 Å². The molecule has 3 aromatic rings. The largest absolute Gasteiger partial charge is 0.464 e. The van der Waals surface area contributed by atoms with Gasteiger partial charge in [-0.3, -0.25) is 0 Å². The molecule has 5 rings (SSSR count). The summed E-state index contributed by atoms with van der Waals surface area (Å²) in [5.74, 6) is 0.341. The number of amides is 2. The highest BCUT2D eigenvalue weighted by Gasteiger charge is 2.31. The molecule has 1 aromatic heterocycles. The molecule has 9 heteroatoms. The second-order valence-electron chi connectivity index (χ2n) is 10.8. The molecule has 2 aliphatic heterocycles. The summed E-state index contributed by atoms with van der Waals surface area (Å²) in [6.07, 6.45) is 5.34. The maximum Gasteiger partial charge on any atom is 0.319 e. The van der Waals surface area contributed by atoms with Crippen LogP contribution in [0.5, 0.6) is 0 Å². The number of carbonyl (C=O) groups is 1. The third-order valence-corrected chi connectivity index (χ3v) is 9.95. The fourth-order valence-corrected chi connectivity index (χ4v) is 7.33. The van der Waals surface area contributed by atoms with Gasteiger partial charge in [0, 0.05) is 52.7 Å². The summed E-state index contributed by atoms with van der Waals surface area (Å²) in [6.45, 7) is 4.42. The van der Waals surface area contributed by atoms with Crippen LogP contribution >= 0.6 is 0 Å². The molecule has 8 nitrogen and oxygen atoms in total. The van der Waals surface area contributed by atoms with Crippen molar-refractivity contribution in [1.82, 2.24) is 19.0 Å². The highest BCUT2D eigenvalue weighted by Crippen LogP contribution is 2.29. The molecule has 0 bridgehead atoms. The molecule has 2 aromatic carbocycles. The number of urea groups is 1. The number of rotatable bonds is 7. The van der Waals surface area contributed by atoms with Crippen LogP contribution in [0.2, 0.25) is 0 Å². The smallest absolute Gasteiger partial charge is 0.319 e. The monoisotopic (exact) mass is 538 g/mol. The van der Waals surface area contributed by atoms with Crippen LogP contribution in [0, 0.1) is 5.92 Å². The van der Waals surface area contributed by atoms with Crippen molar-refractivity contribution in [3.05, 3.63) is 65.4 Å². The molecular weight excluding hydrogens is 500 g/mol. The first-order valence-corrected chi connectivity index (χ1v) is 14.9. The maximum absolute atomic E-state index is 13.6. The number of likely N-dealkylation sites (tertiary alicyclic amines) is 1. The van der Waals surface area contributed by atoms with Crippen LogP contribution < -0.4 is 0 Å². The Hall–Kier alpha value is -2.88. The Morgan fingerprint density at radius 3 is 2.55 bits per heavy atom. The van der Waals surface area contributed by atoms with E-state index in [9.17, 15) is 13.2 Å². The second kappa shape index (κ2) is 11.1. The third-order valence-electron chi connectivity index (χ3n) is 8.05. The Morgan fingerprint density at radius 1 is 1.03 bits per heavy atom. The van der Waals surface area contributed by atoms with Gasteiger partial charge in [-0.05, 0) is 73.5 Å². The first-order chi connectivity index (χ1) is 18.2. The van der Waals surface area contributed by atoms with Gasteiger partial charge in [-0.25, -0.2) is 17.5 Å². The Morgan fingerprint density at radius 2 is 1.79 bits per heavy atom. The SMILES string of the molecule is CN(C)C(=O)N1CCc2c(cccc2S(=O)(=O)N(C)CC2CCN(CCc3coc4ccccc34)CC2)C1. The van der Waals surface area contributed by atoms with Gasteiger partial charge >= 0.3 is 6.03 Å². The highest BCUT2D eigenvalue weighted by atomic mass is 32.2. The van der Waals surface area contributed by atoms with E-state index < -0.39 is 10.0 Å². The first-order valence-electron chi connectivity index (χ1n) is 13.4. The molecule has 1 fully saturated rings. The summed E-state index contributed by atoms with van der Waals surface area (Å²) in [4.78, 5) is 18.6. The quantitative estimate of drug-likeness (QED) is 0.454. The van der Waals surface area contributed by atoms with Gasteiger partial charge in [0.1, 0.15) is 5.58 Å². The number of carbonyl (C=O) groups excluding carboxylic acids is 1. The van der Waals surface area contributed by atoms with Crippen molar-refractivity contribution in [2.24, 2.45) is 5.92 Å². The van der Waals surface area contributed by atoms with E-state index in [1.54, 1.807) is 43.1 Å². The molecule has 0 N–H and O–H groups in total. The zero-order valence-corrected chi connectivity index (χ0v) is 23.4. The van der Waals surface area contributed by atoms with Crippen LogP contribution in [0.4, 0.5) is 4.79 Å². The number of hydrogen-bond acceptors (Lipinski definition) is 5. The summed E-state index contributed by atoms with van der Waals surface area (Å²) in [5, 5.41) is 1.19. The molecule has 0 spiro atoms. The topological polar surface area (TPSA) is 77.3 Å². The number of hydrogen-bond donors (Lipinski definition) is 0. The van der Waals surface area contributed by atoms with Gasteiger partial charge in [-0.15, -0.1) is 0 Å². The fraction of sp³-hybridized carbons (Fsp3) is 0.483. The number of para-hydroxylation sites is 1. The third kappa shape index (κ3) is 5.46. The summed E-state index contributed by atoms with van der Waals surface area (Å²) >= 11 is 0. The molecule has 0 unspecified atom stereocenters. The van der Waals surface area contributed by atoms with Crippen molar-refractivity contribution in [3.63, 3.8) is 0 Å². The summed E-state index contributed by atoms with van der Waals surface area (Å²) < 4.78 is 34.5. The lowest BCUT2D eigenvalue weighted by atomic mass is 9.96. The molecule has 204 valence electrons. The summed E-state index contributed by atoms with van der Waals surface area (Å²) in [5.41, 5.74) is 3.95. The van der Waals surface area contributed by atoms with E-state index in [1.165, 1.54) is 15.3 Å². The van der Waals surface area contributed by atoms with Gasteiger partial charge in [-0.1, -0.05) is 30.3 Å². The van der Waals surface area contributed by atoms with Crippen molar-refractivity contribution < 1.29 is 17.6 Å². The van der Waals surface area contributed by atoms with Gasteiger partial charge in [-0.2, -0.15) is 0 Å². The zero-order chi connectivity index (χ0) is 26.9. The average molecular weight is 539 g/mol. The molecule has 0 saturated carbocycles. The van der Waals surface area contributed by atoms with Crippen LogP contribution in [0.25, 0.3) is 11.0 Å². The van der Waals surface area contributed by atoms with Crippen molar-refractivity contribution >= 4 is 27.0 Å². The number of sulfonamides is 1. The van der Waals surface area contributed by atoms with Crippen molar-refractivity contribution in [1.29, 1.82) is 0 Å². The lowest BCUT2D eigenvalue weighted by Crippen LogP contribution is -2.43. The van der Waals surface area contributed by atoms with Crippen LogP contribution in [-0.2, 0) is 29.4 Å². The Balaban J connectivity index is 1.16. The molecule has 38 heavy (non-hydrogen) atoms. The number of fused-ring (bicyclic) bond motifs is 2. The molecule has 1 saturated heterocycles. The summed E-state index contributed by atoms with van der Waals surface area (Å²) in [7, 11) is 1.56. The van der Waals surface area contributed by atoms with Gasteiger partial charge in [0.2, 0.25) is 10.0 Å². The average Bonchev–Trinajstić information content (AvgIpc) is 3.34. The zero-order valence-electron chi connectivity index (χ0n) is 22.6. The van der Waals surface area contributed by atoms with E-state index in [1.807, 2.05) is 30.5 Å². The van der Waals surface area contributed by atoms with E-state index in [-0.39, 0.29) is 6.03 Å². The van der Waals surface area contributed by atoms with Crippen molar-refractivity contribution in [2.45, 2.75) is 37.1 Å². The molecule has 2 amide bonds. The van der Waals surface area contributed by atoms with Gasteiger partial charge in [0.05, 0.1) is 11.2 Å². The van der Waals surface area contributed by atoms with Gasteiger partial charge in [0.15, 0.2) is 0 Å². The Bertz CT molecular complexity index is 1390. The minimum atomic E-state index is -3.61. The summed E-state index contributed by atoms with van der Waals surface area (Å²) in [6, 6.07) is 13.5. The second-order valence-corrected chi connectivity index (χ2v) is 12.8. The van der Waals surface area contributed by atoms with E-state index in [2.05, 4.69) is 11.0 Å². The van der Waals surface area contributed by atoms with Crippen molar-refractivity contribution in [3.8, 4) is 0 Å². The molecule has 2 aliphatic rings. The number of piperidine rings is 1. The van der Waals surface area contributed by atoms with Crippen molar-refractivity contribution in [2.75, 3.05) is 53.9 Å². The molecular formula is C29H38N4O4S. The predicted octanol–water partition coefficient (Wildman–Crippen LogP) is 4.05. The normalized spacial score (nSPS) is 17.2. The lowest BCUT2D eigenvalue weighted by molar-refractivity contribution is 0.165. The maximum atomic E-state index is 13.6. The van der Waals surface area contributed by atoms with Crippen LogP contribution in [-0.4, -0.2) is 87.3 Å². The fourth-order valence-electron chi connectivity index (χ4n) is 5.79. The Labute approximate surface area is 225 Å². The van der Waals surface area contributed by atoms with Crippen LogP contribution in [0.15, 0.2) is 58.0 Å². The lowest BCUT2D eigenvalue weighted by Gasteiger charge is -2.34. The molecule has 0 aliphatic carbocycles. The molecule has 3 heterocycles.